The fraction of sp³-hybridized carbons (Fsp3) is 1.00. The Bertz CT molecular complexity index is 59.5. The molecule has 9 heavy (non-hydrogen) atoms. The van der Waals surface area contributed by atoms with Crippen molar-refractivity contribution in [2.75, 3.05) is 0 Å². The Morgan fingerprint density at radius 3 is 0.889 bits per heavy atom. The minimum atomic E-state index is 0. The largest absolute Gasteiger partial charge is 0.107 e. The molecule has 0 nitrogen and oxygen atoms in total. The summed E-state index contributed by atoms with van der Waals surface area (Å²) in [6.07, 6.45) is 9.36. The molecule has 0 unspecified atom stereocenters. The van der Waals surface area contributed by atoms with Crippen molar-refractivity contribution in [1.29, 1.82) is 0 Å². The van der Waals surface area contributed by atoms with Gasteiger partial charge in [-0.05, 0) is 11.8 Å². The third kappa shape index (κ3) is 1.60. The van der Waals surface area contributed by atoms with Gasteiger partial charge in [-0.1, -0.05) is 38.5 Å². The third-order valence-corrected chi connectivity index (χ3v) is 2.95. The number of fused-ring (bicyclic) bond motifs is 3. The minimum Gasteiger partial charge on any atom is -0.107 e. The first-order valence-electron chi connectivity index (χ1n) is 3.95. The lowest BCUT2D eigenvalue weighted by atomic mass is 9.71. The van der Waals surface area contributed by atoms with E-state index < -0.39 is 0 Å². The smallest absolute Gasteiger partial charge is 0.0414 e. The van der Waals surface area contributed by atoms with Gasteiger partial charge in [0.1, 0.15) is 0 Å². The molecule has 0 aliphatic heterocycles. The Morgan fingerprint density at radius 2 is 0.778 bits per heavy atom. The Kier molecular flexibility index (Phi) is 2.80. The van der Waals surface area contributed by atoms with E-state index in [1.807, 2.05) is 0 Å². The van der Waals surface area contributed by atoms with Crippen LogP contribution in [-0.4, -0.2) is 0 Å². The van der Waals surface area contributed by atoms with E-state index in [4.69, 9.17) is 0 Å². The molecule has 0 aromatic carbocycles. The molecule has 0 saturated heterocycles. The van der Waals surface area contributed by atoms with Crippen LogP contribution in [0.3, 0.4) is 0 Å². The predicted octanol–water partition coefficient (Wildman–Crippen LogP) is 3.20. The van der Waals surface area contributed by atoms with Crippen LogP contribution >= 0.6 is 24.0 Å². The average Bonchev–Trinajstić information content (AvgIpc) is 1.92. The molecule has 0 amide bonds. The molecule has 0 atom stereocenters. The van der Waals surface area contributed by atoms with E-state index in [1.165, 1.54) is 0 Å². The van der Waals surface area contributed by atoms with Crippen LogP contribution in [0.15, 0.2) is 0 Å². The van der Waals surface area contributed by atoms with Gasteiger partial charge in [-0.25, -0.2) is 0 Å². The van der Waals surface area contributed by atoms with Crippen molar-refractivity contribution >= 4 is 24.0 Å². The molecule has 3 fully saturated rings. The molecule has 3 saturated carbocycles. The molecule has 54 valence electrons. The normalized spacial score (nSPS) is 40.0. The Morgan fingerprint density at radius 1 is 0.556 bits per heavy atom. The maximum atomic E-state index is 1.56. The molecule has 2 bridgehead atoms. The van der Waals surface area contributed by atoms with Gasteiger partial charge in [0.2, 0.25) is 0 Å². The van der Waals surface area contributed by atoms with Gasteiger partial charge >= 0.3 is 0 Å². The van der Waals surface area contributed by atoms with Crippen LogP contribution in [0.5, 0.6) is 0 Å². The van der Waals surface area contributed by atoms with E-state index in [-0.39, 0.29) is 24.0 Å². The van der Waals surface area contributed by atoms with Crippen LogP contribution < -0.4 is 0 Å². The van der Waals surface area contributed by atoms with Gasteiger partial charge in [-0.2, -0.15) is 0 Å². The summed E-state index contributed by atoms with van der Waals surface area (Å²) >= 11 is 0. The molecular formula is C8H15I. The summed E-state index contributed by atoms with van der Waals surface area (Å²) in [4.78, 5) is 0. The number of halogens is 1. The van der Waals surface area contributed by atoms with E-state index in [9.17, 15) is 0 Å². The number of hydrogen-bond donors (Lipinski definition) is 0. The van der Waals surface area contributed by atoms with Gasteiger partial charge in [-0.15, -0.1) is 24.0 Å². The molecule has 0 radical (unpaired) electrons. The second-order valence-electron chi connectivity index (χ2n) is 3.46. The van der Waals surface area contributed by atoms with Crippen LogP contribution in [0.25, 0.3) is 0 Å². The summed E-state index contributed by atoms with van der Waals surface area (Å²) in [6.45, 7) is 0. The minimum absolute atomic E-state index is 0. The number of hydrogen-bond acceptors (Lipinski definition) is 0. The van der Waals surface area contributed by atoms with Crippen molar-refractivity contribution in [3.05, 3.63) is 0 Å². The fourth-order valence-electron chi connectivity index (χ4n) is 2.28. The van der Waals surface area contributed by atoms with Crippen molar-refractivity contribution in [3.8, 4) is 0 Å². The van der Waals surface area contributed by atoms with Crippen LogP contribution in [0, 0.1) is 11.8 Å². The maximum Gasteiger partial charge on any atom is -0.0414 e. The molecule has 0 aromatic rings. The lowest BCUT2D eigenvalue weighted by Crippen LogP contribution is -2.21. The molecular weight excluding hydrogens is 223 g/mol. The summed E-state index contributed by atoms with van der Waals surface area (Å²) in [5.74, 6) is 2.31. The Labute approximate surface area is 74.4 Å². The quantitative estimate of drug-likeness (QED) is 0.568. The third-order valence-electron chi connectivity index (χ3n) is 2.95. The second-order valence-corrected chi connectivity index (χ2v) is 3.46. The highest BCUT2D eigenvalue weighted by molar-refractivity contribution is 14.0. The fourth-order valence-corrected chi connectivity index (χ4v) is 2.28. The van der Waals surface area contributed by atoms with Gasteiger partial charge in [0.25, 0.3) is 0 Å². The molecule has 3 aliphatic carbocycles. The lowest BCUT2D eigenvalue weighted by molar-refractivity contribution is 0.176. The standard InChI is InChI=1S/C8H14.HI/c1-2-8-5-3-7(1)4-6-8;/h7-8H,1-6H2;1H. The van der Waals surface area contributed by atoms with Gasteiger partial charge in [0.15, 0.2) is 0 Å². The van der Waals surface area contributed by atoms with Crippen LogP contribution in [0.4, 0.5) is 0 Å². The average molecular weight is 238 g/mol. The van der Waals surface area contributed by atoms with E-state index in [0.29, 0.717) is 0 Å². The SMILES string of the molecule is C1CC2CCC1CC2.I. The monoisotopic (exact) mass is 238 g/mol. The molecule has 0 heterocycles. The van der Waals surface area contributed by atoms with Crippen molar-refractivity contribution in [2.24, 2.45) is 11.8 Å². The van der Waals surface area contributed by atoms with E-state index >= 15 is 0 Å². The zero-order chi connectivity index (χ0) is 5.40. The van der Waals surface area contributed by atoms with E-state index in [1.54, 1.807) is 38.5 Å². The lowest BCUT2D eigenvalue weighted by Gasteiger charge is -2.35. The van der Waals surface area contributed by atoms with Crippen LogP contribution in [-0.2, 0) is 0 Å². The van der Waals surface area contributed by atoms with E-state index in [2.05, 4.69) is 0 Å². The molecule has 0 N–H and O–H groups in total. The highest BCUT2D eigenvalue weighted by atomic mass is 127. The molecule has 3 rings (SSSR count). The van der Waals surface area contributed by atoms with Crippen LogP contribution in [0.2, 0.25) is 0 Å². The predicted molar refractivity (Wildman–Crippen MR) is 50.1 cm³/mol. The first kappa shape index (κ1) is 7.83. The molecule has 0 aromatic heterocycles. The second kappa shape index (κ2) is 3.22. The topological polar surface area (TPSA) is 0 Å². The molecule has 3 aliphatic rings. The van der Waals surface area contributed by atoms with Crippen LogP contribution in [0.1, 0.15) is 38.5 Å². The van der Waals surface area contributed by atoms with E-state index in [0.717, 1.165) is 11.8 Å². The van der Waals surface area contributed by atoms with Gasteiger partial charge in [-0.3, -0.25) is 0 Å². The summed E-state index contributed by atoms with van der Waals surface area (Å²) in [6, 6.07) is 0. The summed E-state index contributed by atoms with van der Waals surface area (Å²) in [7, 11) is 0. The van der Waals surface area contributed by atoms with Crippen molar-refractivity contribution < 1.29 is 0 Å². The van der Waals surface area contributed by atoms with Gasteiger partial charge in [0.05, 0.1) is 0 Å². The van der Waals surface area contributed by atoms with Crippen molar-refractivity contribution in [1.82, 2.24) is 0 Å². The first-order chi connectivity index (χ1) is 3.95. The molecule has 1 heteroatoms. The zero-order valence-electron chi connectivity index (χ0n) is 5.81. The maximum absolute atomic E-state index is 1.56. The summed E-state index contributed by atoms with van der Waals surface area (Å²) in [5, 5.41) is 0. The zero-order valence-corrected chi connectivity index (χ0v) is 8.14. The van der Waals surface area contributed by atoms with Gasteiger partial charge in [0, 0.05) is 0 Å². The first-order valence-corrected chi connectivity index (χ1v) is 3.95. The highest BCUT2D eigenvalue weighted by Crippen LogP contribution is 2.40. The summed E-state index contributed by atoms with van der Waals surface area (Å²) in [5.41, 5.74) is 0. The van der Waals surface area contributed by atoms with Crippen molar-refractivity contribution in [2.45, 2.75) is 38.5 Å². The highest BCUT2D eigenvalue weighted by Gasteiger charge is 2.26. The Hall–Kier alpha value is 0.730. The van der Waals surface area contributed by atoms with Gasteiger partial charge < -0.3 is 0 Å². The molecule has 0 spiro atoms. The Balaban J connectivity index is 0.000000405. The summed E-state index contributed by atoms with van der Waals surface area (Å²) < 4.78 is 0. The van der Waals surface area contributed by atoms with Crippen molar-refractivity contribution in [3.63, 3.8) is 0 Å². The number of rotatable bonds is 0.